The molecule has 1 N–H and O–H groups in total. The predicted octanol–water partition coefficient (Wildman–Crippen LogP) is 2.88. The van der Waals surface area contributed by atoms with Crippen molar-refractivity contribution in [2.75, 3.05) is 20.1 Å². The fourth-order valence-corrected chi connectivity index (χ4v) is 4.59. The molecule has 4 heteroatoms. The molecule has 5 rings (SSSR count). The third-order valence-corrected chi connectivity index (χ3v) is 5.90. The average molecular weight is 348 g/mol. The van der Waals surface area contributed by atoms with Crippen molar-refractivity contribution in [2.45, 2.75) is 25.2 Å². The normalized spacial score (nSPS) is 22.3. The van der Waals surface area contributed by atoms with Crippen LogP contribution in [0.3, 0.4) is 0 Å². The van der Waals surface area contributed by atoms with E-state index in [1.807, 2.05) is 0 Å². The Morgan fingerprint density at radius 3 is 2.08 bits per heavy atom. The molecule has 3 aliphatic carbocycles. The maximum Gasteiger partial charge on any atom is 0.239 e. The standard InChI is InChI=1S/C22H24N2O2/c1-14(25)24(2)13-21(26)23-12-15-11-20-16-7-3-5-9-18(16)22(15)19-10-6-4-8-17(19)20/h3-10,15,20,22H,11-13H2,1-2H3,(H,23,26). The summed E-state index contributed by atoms with van der Waals surface area (Å²) in [7, 11) is 1.65. The fraction of sp³-hybridized carbons (Fsp3) is 0.364. The van der Waals surface area contributed by atoms with Crippen molar-refractivity contribution in [1.29, 1.82) is 0 Å². The largest absolute Gasteiger partial charge is 0.354 e. The molecule has 3 aliphatic rings. The van der Waals surface area contributed by atoms with Gasteiger partial charge in [0.25, 0.3) is 0 Å². The van der Waals surface area contributed by atoms with E-state index >= 15 is 0 Å². The van der Waals surface area contributed by atoms with Crippen LogP contribution in [0, 0.1) is 5.92 Å². The number of carbonyl (C=O) groups is 2. The number of rotatable bonds is 4. The second-order valence-electron chi connectivity index (χ2n) is 7.46. The van der Waals surface area contributed by atoms with Gasteiger partial charge in [0, 0.05) is 32.4 Å². The molecule has 2 aromatic carbocycles. The molecule has 0 saturated carbocycles. The first-order valence-electron chi connectivity index (χ1n) is 9.22. The van der Waals surface area contributed by atoms with E-state index in [1.54, 1.807) is 7.05 Å². The molecule has 2 bridgehead atoms. The zero-order chi connectivity index (χ0) is 18.3. The maximum absolute atomic E-state index is 12.2. The lowest BCUT2D eigenvalue weighted by Crippen LogP contribution is -2.42. The lowest BCUT2D eigenvalue weighted by atomic mass is 9.59. The number of hydrogen-bond acceptors (Lipinski definition) is 2. The Labute approximate surface area is 154 Å². The van der Waals surface area contributed by atoms with Crippen molar-refractivity contribution >= 4 is 11.8 Å². The quantitative estimate of drug-likeness (QED) is 0.924. The van der Waals surface area contributed by atoms with Crippen molar-refractivity contribution < 1.29 is 9.59 Å². The maximum atomic E-state index is 12.2. The number of amides is 2. The molecule has 26 heavy (non-hydrogen) atoms. The minimum absolute atomic E-state index is 0.0919. The van der Waals surface area contributed by atoms with Gasteiger partial charge < -0.3 is 10.2 Å². The lowest BCUT2D eigenvalue weighted by Gasteiger charge is -2.45. The molecule has 0 heterocycles. The van der Waals surface area contributed by atoms with Crippen LogP contribution in [0.5, 0.6) is 0 Å². The number of carbonyl (C=O) groups excluding carboxylic acids is 2. The minimum atomic E-state index is -0.0975. The van der Waals surface area contributed by atoms with Crippen LogP contribution in [0.4, 0.5) is 0 Å². The number of nitrogens with zero attached hydrogens (tertiary/aromatic N) is 1. The fourth-order valence-electron chi connectivity index (χ4n) is 4.59. The summed E-state index contributed by atoms with van der Waals surface area (Å²) < 4.78 is 0. The summed E-state index contributed by atoms with van der Waals surface area (Å²) in [5.41, 5.74) is 5.69. The van der Waals surface area contributed by atoms with Crippen LogP contribution < -0.4 is 5.32 Å². The van der Waals surface area contributed by atoms with E-state index in [0.29, 0.717) is 24.3 Å². The van der Waals surface area contributed by atoms with E-state index in [1.165, 1.54) is 34.1 Å². The van der Waals surface area contributed by atoms with Gasteiger partial charge in [0.2, 0.25) is 11.8 Å². The van der Waals surface area contributed by atoms with Gasteiger partial charge in [-0.05, 0) is 34.6 Å². The van der Waals surface area contributed by atoms with E-state index in [-0.39, 0.29) is 18.4 Å². The SMILES string of the molecule is CC(=O)N(C)CC(=O)NCC1CC2c3ccccc3C1c1ccccc12. The highest BCUT2D eigenvalue weighted by Crippen LogP contribution is 2.54. The summed E-state index contributed by atoms with van der Waals surface area (Å²) in [6.45, 7) is 2.24. The summed E-state index contributed by atoms with van der Waals surface area (Å²) in [6.07, 6.45) is 1.06. The average Bonchev–Trinajstić information content (AvgIpc) is 2.66. The van der Waals surface area contributed by atoms with Crippen molar-refractivity contribution in [3.05, 3.63) is 70.8 Å². The van der Waals surface area contributed by atoms with Crippen LogP contribution >= 0.6 is 0 Å². The number of fused-ring (bicyclic) bond motifs is 1. The summed E-state index contributed by atoms with van der Waals surface area (Å²) in [6, 6.07) is 17.4. The molecule has 2 amide bonds. The van der Waals surface area contributed by atoms with Gasteiger partial charge >= 0.3 is 0 Å². The van der Waals surface area contributed by atoms with E-state index in [4.69, 9.17) is 0 Å². The molecular weight excluding hydrogens is 324 g/mol. The first-order chi connectivity index (χ1) is 12.6. The molecule has 0 aliphatic heterocycles. The molecule has 1 atom stereocenters. The van der Waals surface area contributed by atoms with Crippen molar-refractivity contribution in [3.63, 3.8) is 0 Å². The number of nitrogens with one attached hydrogen (secondary N) is 1. The molecule has 0 spiro atoms. The Bertz CT molecular complexity index is 813. The van der Waals surface area contributed by atoms with Gasteiger partial charge in [-0.1, -0.05) is 48.5 Å². The van der Waals surface area contributed by atoms with Crippen LogP contribution in [0.15, 0.2) is 48.5 Å². The Morgan fingerprint density at radius 1 is 1.00 bits per heavy atom. The summed E-state index contributed by atoms with van der Waals surface area (Å²) in [4.78, 5) is 24.9. The van der Waals surface area contributed by atoms with Crippen LogP contribution in [-0.4, -0.2) is 36.9 Å². The highest BCUT2D eigenvalue weighted by atomic mass is 16.2. The van der Waals surface area contributed by atoms with Crippen LogP contribution in [-0.2, 0) is 9.59 Å². The topological polar surface area (TPSA) is 49.4 Å². The van der Waals surface area contributed by atoms with Gasteiger partial charge in [0.05, 0.1) is 6.54 Å². The van der Waals surface area contributed by atoms with Gasteiger partial charge in [-0.3, -0.25) is 9.59 Å². The zero-order valence-electron chi connectivity index (χ0n) is 15.2. The van der Waals surface area contributed by atoms with Crippen LogP contribution in [0.25, 0.3) is 0 Å². The molecule has 0 aromatic heterocycles. The predicted molar refractivity (Wildman–Crippen MR) is 101 cm³/mol. The molecule has 0 saturated heterocycles. The Hall–Kier alpha value is -2.62. The monoisotopic (exact) mass is 348 g/mol. The highest BCUT2D eigenvalue weighted by Gasteiger charge is 2.42. The third kappa shape index (κ3) is 2.79. The van der Waals surface area contributed by atoms with Gasteiger partial charge in [-0.15, -0.1) is 0 Å². The molecule has 1 unspecified atom stereocenters. The van der Waals surface area contributed by atoms with E-state index in [2.05, 4.69) is 53.8 Å². The van der Waals surface area contributed by atoms with E-state index in [0.717, 1.165) is 6.42 Å². The van der Waals surface area contributed by atoms with Gasteiger partial charge in [-0.25, -0.2) is 0 Å². The molecule has 134 valence electrons. The molecule has 2 aromatic rings. The first kappa shape index (κ1) is 16.8. The van der Waals surface area contributed by atoms with Crippen LogP contribution in [0.1, 0.15) is 47.4 Å². The van der Waals surface area contributed by atoms with Crippen molar-refractivity contribution in [3.8, 4) is 0 Å². The molecule has 0 fully saturated rings. The summed E-state index contributed by atoms with van der Waals surface area (Å²) in [5, 5.41) is 3.05. The molecular formula is C22H24N2O2. The lowest BCUT2D eigenvalue weighted by molar-refractivity contribution is -0.133. The minimum Gasteiger partial charge on any atom is -0.354 e. The van der Waals surface area contributed by atoms with Gasteiger partial charge in [0.1, 0.15) is 0 Å². The first-order valence-corrected chi connectivity index (χ1v) is 9.22. The Morgan fingerprint density at radius 2 is 1.54 bits per heavy atom. The second-order valence-corrected chi connectivity index (χ2v) is 7.46. The summed E-state index contributed by atoms with van der Waals surface area (Å²) in [5.74, 6) is 0.939. The van der Waals surface area contributed by atoms with E-state index < -0.39 is 0 Å². The third-order valence-electron chi connectivity index (χ3n) is 5.90. The number of likely N-dealkylation sites (N-methyl/N-ethyl adjacent to an activating group) is 1. The highest BCUT2D eigenvalue weighted by molar-refractivity contribution is 5.83. The number of benzene rings is 2. The second kappa shape index (κ2) is 6.60. The Kier molecular flexibility index (Phi) is 4.27. The van der Waals surface area contributed by atoms with Gasteiger partial charge in [0.15, 0.2) is 0 Å². The number of hydrogen-bond donors (Lipinski definition) is 1. The smallest absolute Gasteiger partial charge is 0.239 e. The van der Waals surface area contributed by atoms with Gasteiger partial charge in [-0.2, -0.15) is 0 Å². The zero-order valence-corrected chi connectivity index (χ0v) is 15.2. The molecule has 0 radical (unpaired) electrons. The van der Waals surface area contributed by atoms with Crippen LogP contribution in [0.2, 0.25) is 0 Å². The van der Waals surface area contributed by atoms with E-state index in [9.17, 15) is 9.59 Å². The van der Waals surface area contributed by atoms with Crippen molar-refractivity contribution in [1.82, 2.24) is 10.2 Å². The summed E-state index contributed by atoms with van der Waals surface area (Å²) >= 11 is 0. The molecule has 4 nitrogen and oxygen atoms in total. The Balaban J connectivity index is 1.55. The van der Waals surface area contributed by atoms with Crippen molar-refractivity contribution in [2.24, 2.45) is 5.92 Å².